The molecule has 6 nitrogen and oxygen atoms in total. The van der Waals surface area contributed by atoms with E-state index in [0.29, 0.717) is 5.69 Å². The summed E-state index contributed by atoms with van der Waals surface area (Å²) >= 11 is 2.14. The van der Waals surface area contributed by atoms with Gasteiger partial charge in [0.05, 0.1) is 5.56 Å². The van der Waals surface area contributed by atoms with Crippen molar-refractivity contribution in [1.82, 2.24) is 5.32 Å². The van der Waals surface area contributed by atoms with E-state index in [1.54, 1.807) is 26.0 Å². The SMILES string of the molecule is CC(C)C(NC(=O)c1ccccc1F)C(=O)OCC(=O)Nc1ccc(I)cc1. The van der Waals surface area contributed by atoms with Crippen LogP contribution in [0.2, 0.25) is 0 Å². The Morgan fingerprint density at radius 3 is 2.32 bits per heavy atom. The molecule has 0 bridgehead atoms. The molecule has 0 aliphatic carbocycles. The van der Waals surface area contributed by atoms with Gasteiger partial charge in [-0.2, -0.15) is 0 Å². The maximum absolute atomic E-state index is 13.7. The zero-order valence-electron chi connectivity index (χ0n) is 15.4. The maximum Gasteiger partial charge on any atom is 0.329 e. The first-order valence-electron chi connectivity index (χ1n) is 8.55. The van der Waals surface area contributed by atoms with Gasteiger partial charge in [0.2, 0.25) is 0 Å². The predicted molar refractivity (Wildman–Crippen MR) is 111 cm³/mol. The van der Waals surface area contributed by atoms with Crippen LogP contribution in [0.5, 0.6) is 0 Å². The van der Waals surface area contributed by atoms with Crippen molar-refractivity contribution in [2.45, 2.75) is 19.9 Å². The van der Waals surface area contributed by atoms with Gasteiger partial charge in [0.15, 0.2) is 6.61 Å². The summed E-state index contributed by atoms with van der Waals surface area (Å²) in [7, 11) is 0. The van der Waals surface area contributed by atoms with E-state index < -0.39 is 36.2 Å². The minimum atomic E-state index is -1.02. The van der Waals surface area contributed by atoms with E-state index >= 15 is 0 Å². The summed E-state index contributed by atoms with van der Waals surface area (Å²) in [6.07, 6.45) is 0. The number of hydrogen-bond acceptors (Lipinski definition) is 4. The standard InChI is InChI=1S/C20H20FIN2O4/c1-12(2)18(24-19(26)15-5-3-4-6-16(15)21)20(27)28-11-17(25)23-14-9-7-13(22)8-10-14/h3-10,12,18H,11H2,1-2H3,(H,23,25)(H,24,26). The molecule has 2 amide bonds. The first kappa shape index (κ1) is 21.8. The molecule has 1 atom stereocenters. The van der Waals surface area contributed by atoms with Crippen molar-refractivity contribution in [3.63, 3.8) is 0 Å². The summed E-state index contributed by atoms with van der Waals surface area (Å²) in [6.45, 7) is 2.92. The summed E-state index contributed by atoms with van der Waals surface area (Å²) < 4.78 is 19.8. The molecule has 0 aliphatic heterocycles. The number of halogens is 2. The van der Waals surface area contributed by atoms with Crippen molar-refractivity contribution in [3.8, 4) is 0 Å². The Morgan fingerprint density at radius 2 is 1.71 bits per heavy atom. The van der Waals surface area contributed by atoms with Crippen LogP contribution >= 0.6 is 22.6 Å². The lowest BCUT2D eigenvalue weighted by atomic mass is 10.0. The van der Waals surface area contributed by atoms with E-state index in [1.807, 2.05) is 12.1 Å². The number of carbonyl (C=O) groups is 3. The van der Waals surface area contributed by atoms with Gasteiger partial charge < -0.3 is 15.4 Å². The predicted octanol–water partition coefficient (Wildman–Crippen LogP) is 3.37. The van der Waals surface area contributed by atoms with Crippen LogP contribution in [0.25, 0.3) is 0 Å². The highest BCUT2D eigenvalue weighted by atomic mass is 127. The molecule has 148 valence electrons. The molecule has 0 aliphatic rings. The van der Waals surface area contributed by atoms with Gasteiger partial charge in [0.25, 0.3) is 11.8 Å². The minimum Gasteiger partial charge on any atom is -0.454 e. The van der Waals surface area contributed by atoms with Crippen molar-refractivity contribution in [2.24, 2.45) is 5.92 Å². The Morgan fingerprint density at radius 1 is 1.07 bits per heavy atom. The van der Waals surface area contributed by atoms with Crippen LogP contribution in [0.4, 0.5) is 10.1 Å². The maximum atomic E-state index is 13.7. The largest absolute Gasteiger partial charge is 0.454 e. The van der Waals surface area contributed by atoms with E-state index in [0.717, 1.165) is 9.64 Å². The van der Waals surface area contributed by atoms with E-state index in [1.165, 1.54) is 18.2 Å². The van der Waals surface area contributed by atoms with Gasteiger partial charge in [-0.25, -0.2) is 9.18 Å². The highest BCUT2D eigenvalue weighted by Gasteiger charge is 2.27. The van der Waals surface area contributed by atoms with Gasteiger partial charge >= 0.3 is 5.97 Å². The van der Waals surface area contributed by atoms with E-state index in [-0.39, 0.29) is 11.5 Å². The molecule has 0 saturated carbocycles. The quantitative estimate of drug-likeness (QED) is 0.453. The monoisotopic (exact) mass is 498 g/mol. The molecule has 0 aromatic heterocycles. The van der Waals surface area contributed by atoms with Crippen LogP contribution in [0.15, 0.2) is 48.5 Å². The lowest BCUT2D eigenvalue weighted by Crippen LogP contribution is -2.46. The third kappa shape index (κ3) is 6.29. The third-order valence-electron chi connectivity index (χ3n) is 3.80. The zero-order valence-corrected chi connectivity index (χ0v) is 17.5. The van der Waals surface area contributed by atoms with Crippen LogP contribution in [-0.4, -0.2) is 30.4 Å². The molecule has 0 radical (unpaired) electrons. The number of anilines is 1. The topological polar surface area (TPSA) is 84.5 Å². The summed E-state index contributed by atoms with van der Waals surface area (Å²) in [4.78, 5) is 36.5. The summed E-state index contributed by atoms with van der Waals surface area (Å²) in [5, 5.41) is 5.08. The molecular formula is C20H20FIN2O4. The van der Waals surface area contributed by atoms with Crippen LogP contribution in [0.3, 0.4) is 0 Å². The molecule has 2 N–H and O–H groups in total. The molecule has 28 heavy (non-hydrogen) atoms. The lowest BCUT2D eigenvalue weighted by Gasteiger charge is -2.21. The van der Waals surface area contributed by atoms with E-state index in [2.05, 4.69) is 33.2 Å². The Kier molecular flexibility index (Phi) is 7.91. The Labute approximate surface area is 176 Å². The van der Waals surface area contributed by atoms with Gasteiger partial charge in [0, 0.05) is 9.26 Å². The molecule has 2 aromatic rings. The first-order chi connectivity index (χ1) is 13.3. The van der Waals surface area contributed by atoms with Gasteiger partial charge in [-0.05, 0) is 64.9 Å². The second-order valence-corrected chi connectivity index (χ2v) is 7.58. The van der Waals surface area contributed by atoms with E-state index in [9.17, 15) is 18.8 Å². The van der Waals surface area contributed by atoms with Crippen LogP contribution in [0.1, 0.15) is 24.2 Å². The zero-order chi connectivity index (χ0) is 20.7. The number of rotatable bonds is 7. The van der Waals surface area contributed by atoms with Gasteiger partial charge in [0.1, 0.15) is 11.9 Å². The van der Waals surface area contributed by atoms with Crippen molar-refractivity contribution < 1.29 is 23.5 Å². The van der Waals surface area contributed by atoms with Crippen LogP contribution in [-0.2, 0) is 14.3 Å². The first-order valence-corrected chi connectivity index (χ1v) is 9.63. The van der Waals surface area contributed by atoms with Crippen LogP contribution < -0.4 is 10.6 Å². The fourth-order valence-corrected chi connectivity index (χ4v) is 2.68. The number of amides is 2. The molecule has 2 aromatic carbocycles. The van der Waals surface area contributed by atoms with Crippen molar-refractivity contribution >= 4 is 46.1 Å². The molecule has 0 fully saturated rings. The summed E-state index contributed by atoms with van der Waals surface area (Å²) in [5.41, 5.74) is 0.409. The minimum absolute atomic E-state index is 0.169. The molecular weight excluding hydrogens is 478 g/mol. The van der Waals surface area contributed by atoms with Crippen LogP contribution in [0, 0.1) is 15.3 Å². The van der Waals surface area contributed by atoms with Crippen molar-refractivity contribution in [1.29, 1.82) is 0 Å². The summed E-state index contributed by atoms with van der Waals surface area (Å²) in [6, 6.07) is 11.6. The third-order valence-corrected chi connectivity index (χ3v) is 4.52. The fourth-order valence-electron chi connectivity index (χ4n) is 2.32. The second kappa shape index (κ2) is 10.2. The van der Waals surface area contributed by atoms with Crippen molar-refractivity contribution in [2.75, 3.05) is 11.9 Å². The molecule has 2 rings (SSSR count). The van der Waals surface area contributed by atoms with Crippen molar-refractivity contribution in [3.05, 3.63) is 63.5 Å². The van der Waals surface area contributed by atoms with E-state index in [4.69, 9.17) is 4.74 Å². The molecule has 1 unspecified atom stereocenters. The number of carbonyl (C=O) groups excluding carboxylic acids is 3. The average molecular weight is 498 g/mol. The van der Waals surface area contributed by atoms with Gasteiger partial charge in [-0.15, -0.1) is 0 Å². The number of hydrogen-bond donors (Lipinski definition) is 2. The second-order valence-electron chi connectivity index (χ2n) is 6.34. The average Bonchev–Trinajstić information content (AvgIpc) is 2.66. The lowest BCUT2D eigenvalue weighted by molar-refractivity contribution is -0.150. The number of ether oxygens (including phenoxy) is 1. The smallest absolute Gasteiger partial charge is 0.329 e. The number of nitrogens with one attached hydrogen (secondary N) is 2. The molecule has 0 heterocycles. The Balaban J connectivity index is 1.93. The number of benzene rings is 2. The molecule has 0 spiro atoms. The molecule has 8 heteroatoms. The number of esters is 1. The normalized spacial score (nSPS) is 11.6. The highest BCUT2D eigenvalue weighted by Crippen LogP contribution is 2.12. The fraction of sp³-hybridized carbons (Fsp3) is 0.250. The Hall–Kier alpha value is -2.49. The molecule has 0 saturated heterocycles. The highest BCUT2D eigenvalue weighted by molar-refractivity contribution is 14.1. The summed E-state index contributed by atoms with van der Waals surface area (Å²) in [5.74, 6) is -3.00. The Bertz CT molecular complexity index is 856. The van der Waals surface area contributed by atoms with Gasteiger partial charge in [-0.1, -0.05) is 26.0 Å². The van der Waals surface area contributed by atoms with Gasteiger partial charge in [-0.3, -0.25) is 9.59 Å².